The highest BCUT2D eigenvalue weighted by Gasteiger charge is 2.34. The predicted molar refractivity (Wildman–Crippen MR) is 69.3 cm³/mol. The van der Waals surface area contributed by atoms with Gasteiger partial charge in [0.15, 0.2) is 0 Å². The molecule has 0 spiro atoms. The molecule has 1 aromatic carbocycles. The zero-order chi connectivity index (χ0) is 14.5. The van der Waals surface area contributed by atoms with E-state index in [-0.39, 0.29) is 18.4 Å². The Morgan fingerprint density at radius 2 is 2.11 bits per heavy atom. The molecule has 0 saturated carbocycles. The zero-order valence-corrected chi connectivity index (χ0v) is 11.1. The molecule has 6 heteroatoms. The van der Waals surface area contributed by atoms with E-state index in [1.54, 1.807) is 13.0 Å². The molecule has 2 nitrogen and oxygen atoms in total. The first-order chi connectivity index (χ1) is 8.84. The number of ether oxygens (including phenoxy) is 1. The standard InChI is InChI=1S/C13H15ClF3NO/c1-9(18)7-10-3-4-12(19-6-2-5-14)11(8-10)13(15,16)17/h2-5,8-9H,6-7,18H2,1H3. The molecule has 0 fully saturated rings. The largest absolute Gasteiger partial charge is 0.489 e. The molecule has 19 heavy (non-hydrogen) atoms. The third kappa shape index (κ3) is 5.12. The summed E-state index contributed by atoms with van der Waals surface area (Å²) in [5, 5.41) is 0. The van der Waals surface area contributed by atoms with E-state index in [1.165, 1.54) is 17.7 Å². The number of rotatable bonds is 5. The molecular formula is C13H15ClF3NO. The summed E-state index contributed by atoms with van der Waals surface area (Å²) in [4.78, 5) is 0. The highest BCUT2D eigenvalue weighted by atomic mass is 35.5. The van der Waals surface area contributed by atoms with Crippen LogP contribution < -0.4 is 10.5 Å². The van der Waals surface area contributed by atoms with Gasteiger partial charge in [-0.2, -0.15) is 13.2 Å². The summed E-state index contributed by atoms with van der Waals surface area (Å²) < 4.78 is 43.8. The summed E-state index contributed by atoms with van der Waals surface area (Å²) in [5.74, 6) is -0.212. The van der Waals surface area contributed by atoms with Crippen LogP contribution in [0.15, 0.2) is 29.8 Å². The van der Waals surface area contributed by atoms with Gasteiger partial charge in [-0.1, -0.05) is 17.7 Å². The van der Waals surface area contributed by atoms with E-state index in [9.17, 15) is 13.2 Å². The number of alkyl halides is 3. The van der Waals surface area contributed by atoms with E-state index >= 15 is 0 Å². The van der Waals surface area contributed by atoms with Gasteiger partial charge in [0, 0.05) is 11.6 Å². The molecule has 0 aliphatic rings. The quantitative estimate of drug-likeness (QED) is 0.898. The van der Waals surface area contributed by atoms with Crippen LogP contribution in [-0.4, -0.2) is 12.6 Å². The summed E-state index contributed by atoms with van der Waals surface area (Å²) >= 11 is 5.28. The third-order valence-corrected chi connectivity index (χ3v) is 2.51. The fourth-order valence-electron chi connectivity index (χ4n) is 1.60. The average Bonchev–Trinajstić information content (AvgIpc) is 2.29. The maximum Gasteiger partial charge on any atom is 0.419 e. The Kier molecular flexibility index (Phi) is 5.69. The van der Waals surface area contributed by atoms with Crippen molar-refractivity contribution in [3.63, 3.8) is 0 Å². The molecular weight excluding hydrogens is 279 g/mol. The van der Waals surface area contributed by atoms with Gasteiger partial charge in [-0.05, 0) is 37.1 Å². The van der Waals surface area contributed by atoms with E-state index in [2.05, 4.69) is 0 Å². The second-order valence-corrected chi connectivity index (χ2v) is 4.43. The van der Waals surface area contributed by atoms with Crippen molar-refractivity contribution in [2.45, 2.75) is 25.6 Å². The summed E-state index contributed by atoms with van der Waals surface area (Å²) in [6.07, 6.45) is -2.67. The van der Waals surface area contributed by atoms with Gasteiger partial charge < -0.3 is 10.5 Å². The van der Waals surface area contributed by atoms with E-state index in [0.717, 1.165) is 6.07 Å². The van der Waals surface area contributed by atoms with Crippen molar-refractivity contribution in [1.82, 2.24) is 0 Å². The predicted octanol–water partition coefficient (Wildman–Crippen LogP) is 3.73. The van der Waals surface area contributed by atoms with Crippen LogP contribution in [0.2, 0.25) is 0 Å². The molecule has 1 aromatic rings. The smallest absolute Gasteiger partial charge is 0.419 e. The van der Waals surface area contributed by atoms with E-state index < -0.39 is 11.7 Å². The zero-order valence-electron chi connectivity index (χ0n) is 10.4. The third-order valence-electron chi connectivity index (χ3n) is 2.33. The van der Waals surface area contributed by atoms with Gasteiger partial charge in [0.1, 0.15) is 12.4 Å². The summed E-state index contributed by atoms with van der Waals surface area (Å²) in [6.45, 7) is 1.72. The normalized spacial score (nSPS) is 13.8. The second-order valence-electron chi connectivity index (χ2n) is 4.18. The Labute approximate surface area is 115 Å². The Morgan fingerprint density at radius 3 is 2.63 bits per heavy atom. The molecule has 0 radical (unpaired) electrons. The lowest BCUT2D eigenvalue weighted by molar-refractivity contribution is -0.138. The van der Waals surface area contributed by atoms with Crippen LogP contribution in [0.3, 0.4) is 0 Å². The van der Waals surface area contributed by atoms with Gasteiger partial charge in [0.05, 0.1) is 5.56 Å². The lowest BCUT2D eigenvalue weighted by Gasteiger charge is -2.15. The van der Waals surface area contributed by atoms with Crippen LogP contribution in [0.5, 0.6) is 5.75 Å². The number of hydrogen-bond acceptors (Lipinski definition) is 2. The molecule has 0 aliphatic carbocycles. The first-order valence-corrected chi connectivity index (χ1v) is 6.12. The Balaban J connectivity index is 3.03. The minimum atomic E-state index is -4.46. The van der Waals surface area contributed by atoms with Crippen LogP contribution in [0.25, 0.3) is 0 Å². The molecule has 0 bridgehead atoms. The average molecular weight is 294 g/mol. The molecule has 106 valence electrons. The molecule has 2 N–H and O–H groups in total. The van der Waals surface area contributed by atoms with Crippen molar-refractivity contribution in [2.24, 2.45) is 5.73 Å². The summed E-state index contributed by atoms with van der Waals surface area (Å²) in [6, 6.07) is 3.76. The maximum atomic E-state index is 12.9. The Morgan fingerprint density at radius 1 is 1.42 bits per heavy atom. The molecule has 0 aliphatic heterocycles. The second kappa shape index (κ2) is 6.82. The summed E-state index contributed by atoms with van der Waals surface area (Å²) in [7, 11) is 0. The van der Waals surface area contributed by atoms with Crippen LogP contribution in [0.1, 0.15) is 18.1 Å². The Hall–Kier alpha value is -1.20. The van der Waals surface area contributed by atoms with Crippen LogP contribution in [0.4, 0.5) is 13.2 Å². The van der Waals surface area contributed by atoms with Crippen LogP contribution in [-0.2, 0) is 12.6 Å². The molecule has 1 atom stereocenters. The number of nitrogens with two attached hydrogens (primary N) is 1. The van der Waals surface area contributed by atoms with E-state index in [4.69, 9.17) is 22.1 Å². The fraction of sp³-hybridized carbons (Fsp3) is 0.385. The number of halogens is 4. The van der Waals surface area contributed by atoms with Crippen molar-refractivity contribution in [1.29, 1.82) is 0 Å². The monoisotopic (exact) mass is 293 g/mol. The van der Waals surface area contributed by atoms with Crippen molar-refractivity contribution in [3.05, 3.63) is 40.9 Å². The van der Waals surface area contributed by atoms with Crippen molar-refractivity contribution < 1.29 is 17.9 Å². The van der Waals surface area contributed by atoms with Crippen LogP contribution in [0, 0.1) is 0 Å². The number of benzene rings is 1. The lowest BCUT2D eigenvalue weighted by atomic mass is 10.0. The van der Waals surface area contributed by atoms with Gasteiger partial charge in [0.25, 0.3) is 0 Å². The van der Waals surface area contributed by atoms with E-state index in [1.807, 2.05) is 0 Å². The van der Waals surface area contributed by atoms with Crippen LogP contribution >= 0.6 is 11.6 Å². The SMILES string of the molecule is CC(N)Cc1ccc(OCC=CCl)c(C(F)(F)F)c1. The molecule has 0 saturated heterocycles. The topological polar surface area (TPSA) is 35.2 Å². The minimum Gasteiger partial charge on any atom is -0.489 e. The first kappa shape index (κ1) is 15.9. The summed E-state index contributed by atoms with van der Waals surface area (Å²) in [5.41, 5.74) is 6.51. The van der Waals surface area contributed by atoms with Gasteiger partial charge in [-0.3, -0.25) is 0 Å². The minimum absolute atomic E-state index is 0.0147. The highest BCUT2D eigenvalue weighted by molar-refractivity contribution is 6.25. The highest BCUT2D eigenvalue weighted by Crippen LogP contribution is 2.37. The fourth-order valence-corrected chi connectivity index (χ4v) is 1.67. The first-order valence-electron chi connectivity index (χ1n) is 5.68. The molecule has 1 rings (SSSR count). The van der Waals surface area contributed by atoms with Gasteiger partial charge in [-0.25, -0.2) is 0 Å². The van der Waals surface area contributed by atoms with Crippen molar-refractivity contribution in [2.75, 3.05) is 6.61 Å². The lowest BCUT2D eigenvalue weighted by Crippen LogP contribution is -2.18. The molecule has 0 aromatic heterocycles. The van der Waals surface area contributed by atoms with Crippen molar-refractivity contribution >= 4 is 11.6 Å². The van der Waals surface area contributed by atoms with Gasteiger partial charge >= 0.3 is 6.18 Å². The van der Waals surface area contributed by atoms with Crippen molar-refractivity contribution in [3.8, 4) is 5.75 Å². The molecule has 0 amide bonds. The van der Waals surface area contributed by atoms with E-state index in [0.29, 0.717) is 12.0 Å². The Bertz CT molecular complexity index is 444. The van der Waals surface area contributed by atoms with Gasteiger partial charge in [0.2, 0.25) is 0 Å². The number of hydrogen-bond donors (Lipinski definition) is 1. The maximum absolute atomic E-state index is 12.9. The molecule has 0 heterocycles. The molecule has 1 unspecified atom stereocenters. The van der Waals surface area contributed by atoms with Gasteiger partial charge in [-0.15, -0.1) is 0 Å².